The van der Waals surface area contributed by atoms with Crippen LogP contribution in [0.5, 0.6) is 11.5 Å². The maximum atomic E-state index is 12.8. The molecule has 1 saturated heterocycles. The van der Waals surface area contributed by atoms with Gasteiger partial charge < -0.3 is 24.8 Å². The summed E-state index contributed by atoms with van der Waals surface area (Å²) in [5, 5.41) is 14.0. The number of aliphatic hydroxyl groups is 1. The zero-order valence-corrected chi connectivity index (χ0v) is 29.2. The molecule has 2 atom stereocenters. The molecule has 10 nitrogen and oxygen atoms in total. The van der Waals surface area contributed by atoms with E-state index in [1.165, 1.54) is 0 Å². The first-order valence-electron chi connectivity index (χ1n) is 16.1. The summed E-state index contributed by atoms with van der Waals surface area (Å²) in [6.45, 7) is 6.53. The van der Waals surface area contributed by atoms with E-state index in [1.807, 2.05) is 48.5 Å². The minimum Gasteiger partial charge on any atom is -0.491 e. The molecule has 48 heavy (non-hydrogen) atoms. The lowest BCUT2D eigenvalue weighted by atomic mass is 10.0. The quantitative estimate of drug-likeness (QED) is 0.152. The zero-order valence-electron chi connectivity index (χ0n) is 27.5. The van der Waals surface area contributed by atoms with Gasteiger partial charge in [-0.25, -0.2) is 13.4 Å². The monoisotopic (exact) mass is 692 g/mol. The van der Waals surface area contributed by atoms with Crippen LogP contribution in [0.4, 0.5) is 11.5 Å². The highest BCUT2D eigenvalue weighted by molar-refractivity contribution is 7.92. The van der Waals surface area contributed by atoms with E-state index in [1.54, 1.807) is 48.9 Å². The van der Waals surface area contributed by atoms with Crippen LogP contribution in [0.25, 0.3) is 0 Å². The third kappa shape index (κ3) is 9.79. The van der Waals surface area contributed by atoms with E-state index in [2.05, 4.69) is 33.8 Å². The minimum absolute atomic E-state index is 0.0924. The van der Waals surface area contributed by atoms with Crippen LogP contribution >= 0.6 is 0 Å². The van der Waals surface area contributed by atoms with Crippen LogP contribution in [-0.2, 0) is 27.4 Å². The number of ether oxygens (including phenoxy) is 2. The van der Waals surface area contributed by atoms with E-state index in [-0.39, 0.29) is 17.5 Å². The second kappa shape index (κ2) is 16.4. The van der Waals surface area contributed by atoms with Crippen molar-refractivity contribution >= 4 is 32.3 Å². The fourth-order valence-electron chi connectivity index (χ4n) is 5.40. The summed E-state index contributed by atoms with van der Waals surface area (Å²) < 4.78 is 52.4. The molecule has 3 aromatic carbocycles. The van der Waals surface area contributed by atoms with Crippen molar-refractivity contribution in [1.29, 1.82) is 0 Å². The first-order valence-corrected chi connectivity index (χ1v) is 19.1. The maximum Gasteiger partial charge on any atom is 0.261 e. The molecule has 1 fully saturated rings. The number of sulfonamides is 1. The molecule has 2 unspecified atom stereocenters. The van der Waals surface area contributed by atoms with Crippen LogP contribution in [0.1, 0.15) is 43.7 Å². The van der Waals surface area contributed by atoms with Gasteiger partial charge in [0.2, 0.25) is 0 Å². The Labute approximate surface area is 286 Å². The van der Waals surface area contributed by atoms with E-state index >= 15 is 0 Å². The molecule has 1 aliphatic rings. The maximum absolute atomic E-state index is 12.8. The van der Waals surface area contributed by atoms with Gasteiger partial charge in [0, 0.05) is 31.9 Å². The van der Waals surface area contributed by atoms with Crippen LogP contribution in [0.15, 0.2) is 101 Å². The third-order valence-electron chi connectivity index (χ3n) is 8.22. The Hall–Kier alpha value is -3.97. The van der Waals surface area contributed by atoms with Gasteiger partial charge in [0.15, 0.2) is 0 Å². The first kappa shape index (κ1) is 35.3. The molecule has 1 aliphatic heterocycles. The van der Waals surface area contributed by atoms with Crippen LogP contribution in [0.3, 0.4) is 0 Å². The van der Waals surface area contributed by atoms with E-state index in [0.717, 1.165) is 42.9 Å². The van der Waals surface area contributed by atoms with Crippen molar-refractivity contribution in [2.45, 2.75) is 61.2 Å². The molecule has 1 aromatic heterocycles. The van der Waals surface area contributed by atoms with Gasteiger partial charge in [-0.1, -0.05) is 56.3 Å². The summed E-state index contributed by atoms with van der Waals surface area (Å²) in [5.74, 6) is 2.17. The Balaban J connectivity index is 1.04. The lowest BCUT2D eigenvalue weighted by molar-refractivity contribution is 0.102. The predicted molar refractivity (Wildman–Crippen MR) is 190 cm³/mol. The van der Waals surface area contributed by atoms with Gasteiger partial charge in [0.1, 0.15) is 36.6 Å². The number of nitrogens with one attached hydrogen (secondary N) is 2. The second-order valence-corrected chi connectivity index (χ2v) is 15.2. The van der Waals surface area contributed by atoms with Crippen LogP contribution < -0.4 is 24.4 Å². The van der Waals surface area contributed by atoms with Crippen molar-refractivity contribution in [1.82, 2.24) is 10.3 Å². The molecule has 256 valence electrons. The topological polar surface area (TPSA) is 130 Å². The number of pyridine rings is 1. The smallest absolute Gasteiger partial charge is 0.261 e. The molecule has 2 heterocycles. The predicted octanol–water partition coefficient (Wildman–Crippen LogP) is 5.32. The van der Waals surface area contributed by atoms with Gasteiger partial charge in [-0.3, -0.25) is 8.93 Å². The van der Waals surface area contributed by atoms with Crippen LogP contribution in [-0.4, -0.2) is 67.4 Å². The third-order valence-corrected chi connectivity index (χ3v) is 10.6. The number of nitrogens with zero attached hydrogens (tertiary/aromatic N) is 2. The zero-order chi connectivity index (χ0) is 34.1. The van der Waals surface area contributed by atoms with Crippen molar-refractivity contribution in [3.05, 3.63) is 102 Å². The van der Waals surface area contributed by atoms with E-state index < -0.39 is 26.9 Å². The number of anilines is 2. The Morgan fingerprint density at radius 1 is 0.979 bits per heavy atom. The minimum atomic E-state index is -3.71. The molecule has 0 aliphatic carbocycles. The van der Waals surface area contributed by atoms with Gasteiger partial charge in [-0.05, 0) is 72.4 Å². The van der Waals surface area contributed by atoms with Crippen molar-refractivity contribution in [2.24, 2.45) is 0 Å². The Bertz CT molecular complexity index is 1750. The van der Waals surface area contributed by atoms with Crippen LogP contribution in [0, 0.1) is 0 Å². The number of piperidine rings is 1. The van der Waals surface area contributed by atoms with Crippen molar-refractivity contribution in [3.63, 3.8) is 0 Å². The van der Waals surface area contributed by atoms with Gasteiger partial charge in [0.05, 0.1) is 32.5 Å². The summed E-state index contributed by atoms with van der Waals surface area (Å²) >= 11 is 0. The largest absolute Gasteiger partial charge is 0.491 e. The molecule has 0 saturated carbocycles. The highest BCUT2D eigenvalue weighted by Gasteiger charge is 2.22. The molecule has 0 spiro atoms. The Morgan fingerprint density at radius 2 is 1.71 bits per heavy atom. The Morgan fingerprint density at radius 3 is 2.35 bits per heavy atom. The summed E-state index contributed by atoms with van der Waals surface area (Å²) in [6.07, 6.45) is 4.15. The highest BCUT2D eigenvalue weighted by Crippen LogP contribution is 2.28. The van der Waals surface area contributed by atoms with Crippen molar-refractivity contribution < 1.29 is 27.2 Å². The van der Waals surface area contributed by atoms with E-state index in [9.17, 15) is 17.7 Å². The highest BCUT2D eigenvalue weighted by atomic mass is 32.2. The fourth-order valence-corrected chi connectivity index (χ4v) is 7.14. The standard InChI is InChI=1S/C36H44N4O6S2/c1-26(2)28-9-13-33(14-10-28)48(43,44)39-30-11-16-36(38-22-30)40-19-17-29(18-20-40)37-23-31(41)25-45-32-12-15-34(35(21-32)47(3)42)46-24-27-7-5-4-6-8-27/h4-16,21-22,26,29,31,37,39,41H,17-20,23-25H2,1-3H3. The number of rotatable bonds is 15. The van der Waals surface area contributed by atoms with Crippen LogP contribution in [0.2, 0.25) is 0 Å². The number of hydrogen-bond acceptors (Lipinski definition) is 9. The van der Waals surface area contributed by atoms with Gasteiger partial charge in [-0.2, -0.15) is 0 Å². The van der Waals surface area contributed by atoms with Gasteiger partial charge in [0.25, 0.3) is 10.0 Å². The molecule has 0 amide bonds. The second-order valence-electron chi connectivity index (χ2n) is 12.2. The molecule has 5 rings (SSSR count). The van der Waals surface area contributed by atoms with Crippen molar-refractivity contribution in [2.75, 3.05) is 42.1 Å². The number of hydrogen-bond donors (Lipinski definition) is 3. The molecule has 4 aromatic rings. The fraction of sp³-hybridized carbons (Fsp3) is 0.361. The molecule has 0 bridgehead atoms. The summed E-state index contributed by atoms with van der Waals surface area (Å²) in [5.41, 5.74) is 2.51. The number of aromatic nitrogens is 1. The molecule has 12 heteroatoms. The number of aliphatic hydroxyl groups excluding tert-OH is 1. The lowest BCUT2D eigenvalue weighted by Crippen LogP contribution is -2.45. The van der Waals surface area contributed by atoms with E-state index in [0.29, 0.717) is 41.2 Å². The van der Waals surface area contributed by atoms with Gasteiger partial charge in [-0.15, -0.1) is 0 Å². The Kier molecular flexibility index (Phi) is 12.1. The summed E-state index contributed by atoms with van der Waals surface area (Å²) in [6, 6.07) is 25.7. The first-order chi connectivity index (χ1) is 23.1. The summed E-state index contributed by atoms with van der Waals surface area (Å²) in [4.78, 5) is 7.44. The summed E-state index contributed by atoms with van der Waals surface area (Å²) in [7, 11) is -4.99. The average molecular weight is 693 g/mol. The average Bonchev–Trinajstić information content (AvgIpc) is 3.10. The SMILES string of the molecule is CC(C)c1ccc(S(=O)(=O)Nc2ccc(N3CCC(NCC(O)COc4ccc(OCc5ccccc5)c(S(C)=O)c4)CC3)nc2)cc1. The molecular formula is C36H44N4O6S2. The molecule has 0 radical (unpaired) electrons. The molecule has 3 N–H and O–H groups in total. The lowest BCUT2D eigenvalue weighted by Gasteiger charge is -2.33. The number of benzene rings is 3. The molecular weight excluding hydrogens is 649 g/mol. The van der Waals surface area contributed by atoms with E-state index in [4.69, 9.17) is 9.47 Å². The normalized spacial score (nSPS) is 15.2. The van der Waals surface area contributed by atoms with Gasteiger partial charge >= 0.3 is 0 Å². The van der Waals surface area contributed by atoms with Crippen molar-refractivity contribution in [3.8, 4) is 11.5 Å².